The van der Waals surface area contributed by atoms with Gasteiger partial charge in [-0.25, -0.2) is 13.4 Å². The Labute approximate surface area is 151 Å². The second kappa shape index (κ2) is 6.69. The van der Waals surface area contributed by atoms with Gasteiger partial charge >= 0.3 is 6.18 Å². The van der Waals surface area contributed by atoms with E-state index in [-0.39, 0.29) is 10.6 Å². The van der Waals surface area contributed by atoms with Gasteiger partial charge in [0, 0.05) is 34.6 Å². The Morgan fingerprint density at radius 1 is 1.19 bits per heavy atom. The Morgan fingerprint density at radius 2 is 1.96 bits per heavy atom. The highest BCUT2D eigenvalue weighted by Crippen LogP contribution is 2.38. The van der Waals surface area contributed by atoms with Gasteiger partial charge in [-0.15, -0.1) is 11.3 Å². The van der Waals surface area contributed by atoms with Crippen molar-refractivity contribution in [1.82, 2.24) is 9.97 Å². The van der Waals surface area contributed by atoms with Gasteiger partial charge in [-0.1, -0.05) is 12.1 Å². The molecule has 26 heavy (non-hydrogen) atoms. The van der Waals surface area contributed by atoms with E-state index in [0.29, 0.717) is 16.9 Å². The molecule has 5 nitrogen and oxygen atoms in total. The molecule has 136 valence electrons. The van der Waals surface area contributed by atoms with Crippen LogP contribution in [-0.4, -0.2) is 24.6 Å². The second-order valence-electron chi connectivity index (χ2n) is 5.41. The van der Waals surface area contributed by atoms with Crippen molar-refractivity contribution in [3.05, 3.63) is 53.7 Å². The molecule has 0 saturated heterocycles. The number of sulfonamides is 1. The third-order valence-corrected chi connectivity index (χ3v) is 4.80. The van der Waals surface area contributed by atoms with E-state index in [2.05, 4.69) is 14.7 Å². The predicted octanol–water partition coefficient (Wildman–Crippen LogP) is 4.26. The molecule has 0 saturated carbocycles. The van der Waals surface area contributed by atoms with E-state index < -0.39 is 21.8 Å². The van der Waals surface area contributed by atoms with Crippen molar-refractivity contribution in [2.75, 3.05) is 11.0 Å². The summed E-state index contributed by atoms with van der Waals surface area (Å²) in [7, 11) is -3.44. The number of thiazole rings is 1. The van der Waals surface area contributed by atoms with Crippen molar-refractivity contribution in [2.24, 2.45) is 0 Å². The van der Waals surface area contributed by atoms with Crippen LogP contribution in [0.5, 0.6) is 0 Å². The molecule has 0 aliphatic carbocycles. The fraction of sp³-hybridized carbons (Fsp3) is 0.125. The van der Waals surface area contributed by atoms with Gasteiger partial charge in [0.05, 0.1) is 17.5 Å². The number of anilines is 1. The lowest BCUT2D eigenvalue weighted by Crippen LogP contribution is -2.09. The van der Waals surface area contributed by atoms with E-state index in [9.17, 15) is 21.6 Å². The molecule has 0 radical (unpaired) electrons. The van der Waals surface area contributed by atoms with Gasteiger partial charge in [-0.2, -0.15) is 13.2 Å². The second-order valence-corrected chi connectivity index (χ2v) is 8.02. The maximum Gasteiger partial charge on any atom is 0.417 e. The molecule has 0 amide bonds. The van der Waals surface area contributed by atoms with E-state index in [1.165, 1.54) is 0 Å². The normalized spacial score (nSPS) is 12.2. The highest BCUT2D eigenvalue weighted by molar-refractivity contribution is 7.92. The maximum absolute atomic E-state index is 13.2. The Balaban J connectivity index is 1.99. The van der Waals surface area contributed by atoms with E-state index >= 15 is 0 Å². The number of nitrogens with one attached hydrogen (secondary N) is 1. The van der Waals surface area contributed by atoms with Gasteiger partial charge in [-0.3, -0.25) is 9.71 Å². The predicted molar refractivity (Wildman–Crippen MR) is 94.2 cm³/mol. The van der Waals surface area contributed by atoms with Gasteiger partial charge in [-0.05, 0) is 18.2 Å². The van der Waals surface area contributed by atoms with Crippen molar-refractivity contribution < 1.29 is 21.6 Å². The van der Waals surface area contributed by atoms with Crippen LogP contribution in [0.25, 0.3) is 21.8 Å². The number of hydrogen-bond acceptors (Lipinski definition) is 5. The molecule has 0 aliphatic rings. The molecule has 3 aromatic rings. The van der Waals surface area contributed by atoms with Crippen molar-refractivity contribution in [1.29, 1.82) is 0 Å². The molecule has 0 bridgehead atoms. The van der Waals surface area contributed by atoms with Crippen LogP contribution >= 0.6 is 11.3 Å². The summed E-state index contributed by atoms with van der Waals surface area (Å²) in [5.74, 6) is 0. The Kier molecular flexibility index (Phi) is 4.72. The van der Waals surface area contributed by atoms with Crippen molar-refractivity contribution in [2.45, 2.75) is 6.18 Å². The monoisotopic (exact) mass is 399 g/mol. The Bertz CT molecular complexity index is 1050. The minimum atomic E-state index is -4.51. The van der Waals surface area contributed by atoms with Crippen molar-refractivity contribution in [3.63, 3.8) is 0 Å². The lowest BCUT2D eigenvalue weighted by molar-refractivity contribution is -0.137. The smallest absolute Gasteiger partial charge is 0.284 e. The number of benzene rings is 1. The van der Waals surface area contributed by atoms with Crippen LogP contribution in [0.4, 0.5) is 18.9 Å². The van der Waals surface area contributed by atoms with Gasteiger partial charge in [0.15, 0.2) is 0 Å². The van der Waals surface area contributed by atoms with Gasteiger partial charge < -0.3 is 0 Å². The summed E-state index contributed by atoms with van der Waals surface area (Å²) in [5, 5.41) is 1.80. The van der Waals surface area contributed by atoms with Crippen LogP contribution in [0.2, 0.25) is 0 Å². The first-order chi connectivity index (χ1) is 12.1. The lowest BCUT2D eigenvalue weighted by Gasteiger charge is -2.09. The summed E-state index contributed by atoms with van der Waals surface area (Å²) >= 11 is 1.06. The van der Waals surface area contributed by atoms with Crippen LogP contribution in [0.3, 0.4) is 0 Å². The first-order valence-corrected chi connectivity index (χ1v) is 9.96. The Morgan fingerprint density at radius 3 is 2.65 bits per heavy atom. The fourth-order valence-electron chi connectivity index (χ4n) is 2.30. The van der Waals surface area contributed by atoms with Gasteiger partial charge in [0.2, 0.25) is 10.0 Å². The number of rotatable bonds is 4. The van der Waals surface area contributed by atoms with E-state index in [4.69, 9.17) is 0 Å². The summed E-state index contributed by atoms with van der Waals surface area (Å²) in [6.45, 7) is 0. The molecule has 0 unspecified atom stereocenters. The first-order valence-electron chi connectivity index (χ1n) is 7.19. The quantitative estimate of drug-likeness (QED) is 0.712. The average Bonchev–Trinajstić information content (AvgIpc) is 3.02. The minimum Gasteiger partial charge on any atom is -0.284 e. The van der Waals surface area contributed by atoms with Crippen LogP contribution in [0.1, 0.15) is 5.56 Å². The van der Waals surface area contributed by atoms with E-state index in [0.717, 1.165) is 36.1 Å². The molecule has 1 aromatic carbocycles. The van der Waals surface area contributed by atoms with Crippen LogP contribution < -0.4 is 4.72 Å². The summed E-state index contributed by atoms with van der Waals surface area (Å²) in [6.07, 6.45) is -1.26. The Hall–Kier alpha value is -2.46. The zero-order valence-electron chi connectivity index (χ0n) is 13.3. The number of alkyl halides is 3. The fourth-order valence-corrected chi connectivity index (χ4v) is 3.71. The maximum atomic E-state index is 13.2. The molecule has 0 fully saturated rings. The average molecular weight is 399 g/mol. The van der Waals surface area contributed by atoms with E-state index in [1.54, 1.807) is 29.6 Å². The molecule has 0 atom stereocenters. The lowest BCUT2D eigenvalue weighted by atomic mass is 10.1. The third kappa shape index (κ3) is 4.20. The molecular weight excluding hydrogens is 387 g/mol. The SMILES string of the molecule is CS(=O)(=O)Nc1cccc(-c2csc(-c3cnccc3C(F)(F)F)n2)c1. The van der Waals surface area contributed by atoms with Crippen molar-refractivity contribution in [3.8, 4) is 21.8 Å². The number of hydrogen-bond donors (Lipinski definition) is 1. The highest BCUT2D eigenvalue weighted by Gasteiger charge is 2.34. The molecule has 0 spiro atoms. The third-order valence-electron chi connectivity index (χ3n) is 3.32. The first kappa shape index (κ1) is 18.3. The number of nitrogens with zero attached hydrogens (tertiary/aromatic N) is 2. The molecule has 0 aliphatic heterocycles. The molecule has 2 aromatic heterocycles. The number of aromatic nitrogens is 2. The van der Waals surface area contributed by atoms with Gasteiger partial charge in [0.25, 0.3) is 0 Å². The van der Waals surface area contributed by atoms with Gasteiger partial charge in [0.1, 0.15) is 5.01 Å². The number of pyridine rings is 1. The molecule has 10 heteroatoms. The van der Waals surface area contributed by atoms with Crippen LogP contribution in [-0.2, 0) is 16.2 Å². The molecule has 2 heterocycles. The topological polar surface area (TPSA) is 72.0 Å². The largest absolute Gasteiger partial charge is 0.417 e. The van der Waals surface area contributed by atoms with E-state index in [1.807, 2.05) is 0 Å². The standard InChI is InChI=1S/C16H12F3N3O2S2/c1-26(23,24)22-11-4-2-3-10(7-11)14-9-25-15(21-14)12-8-20-6-5-13(12)16(17,18)19/h2-9,22H,1H3. The zero-order chi connectivity index (χ0) is 18.9. The summed E-state index contributed by atoms with van der Waals surface area (Å²) in [5.41, 5.74) is 0.470. The summed E-state index contributed by atoms with van der Waals surface area (Å²) in [6, 6.07) is 7.37. The summed E-state index contributed by atoms with van der Waals surface area (Å²) in [4.78, 5) is 8.03. The number of halogens is 3. The molecule has 3 rings (SSSR count). The van der Waals surface area contributed by atoms with Crippen LogP contribution in [0.15, 0.2) is 48.1 Å². The molecular formula is C16H12F3N3O2S2. The highest BCUT2D eigenvalue weighted by atomic mass is 32.2. The minimum absolute atomic E-state index is 0.0957. The van der Waals surface area contributed by atoms with Crippen LogP contribution in [0, 0.1) is 0 Å². The molecule has 1 N–H and O–H groups in total. The van der Waals surface area contributed by atoms with Crippen molar-refractivity contribution >= 4 is 27.0 Å². The zero-order valence-corrected chi connectivity index (χ0v) is 14.9. The summed E-state index contributed by atoms with van der Waals surface area (Å²) < 4.78 is 64.5.